The molecule has 0 aromatic carbocycles. The second kappa shape index (κ2) is 5.81. The van der Waals surface area contributed by atoms with E-state index in [4.69, 9.17) is 10.5 Å². The van der Waals surface area contributed by atoms with Crippen LogP contribution in [0.25, 0.3) is 0 Å². The number of ether oxygens (including phenoxy) is 1. The molecule has 2 rings (SSSR count). The smallest absolute Gasteiger partial charge is 0.0891 e. The van der Waals surface area contributed by atoms with Crippen LogP contribution in [-0.4, -0.2) is 11.1 Å². The first-order chi connectivity index (χ1) is 8.59. The van der Waals surface area contributed by atoms with Gasteiger partial charge in [0.05, 0.1) is 24.1 Å². The Morgan fingerprint density at radius 2 is 1.94 bits per heavy atom. The fraction of sp³-hybridized carbons (Fsp3) is 0.667. The number of nitrogens with two attached hydrogens (primary N) is 1. The van der Waals surface area contributed by atoms with Crippen LogP contribution in [0.1, 0.15) is 50.9 Å². The van der Waals surface area contributed by atoms with Crippen molar-refractivity contribution in [1.82, 2.24) is 4.98 Å². The minimum Gasteiger partial charge on any atom is -0.372 e. The SMILES string of the molecule is CC1(C)CCC(OCc2cccc(CN)n2)CC1. The number of hydrogen-bond acceptors (Lipinski definition) is 3. The van der Waals surface area contributed by atoms with Crippen LogP contribution < -0.4 is 5.73 Å². The van der Waals surface area contributed by atoms with Gasteiger partial charge in [-0.15, -0.1) is 0 Å². The lowest BCUT2D eigenvalue weighted by atomic mass is 9.76. The molecule has 3 heteroatoms. The maximum Gasteiger partial charge on any atom is 0.0891 e. The summed E-state index contributed by atoms with van der Waals surface area (Å²) in [6.07, 6.45) is 5.26. The van der Waals surface area contributed by atoms with Gasteiger partial charge in [-0.1, -0.05) is 19.9 Å². The van der Waals surface area contributed by atoms with Crippen LogP contribution in [0.4, 0.5) is 0 Å². The van der Waals surface area contributed by atoms with Gasteiger partial charge in [-0.25, -0.2) is 0 Å². The van der Waals surface area contributed by atoms with E-state index in [9.17, 15) is 0 Å². The Kier molecular flexibility index (Phi) is 4.36. The Labute approximate surface area is 110 Å². The average molecular weight is 248 g/mol. The third-order valence-electron chi connectivity index (χ3n) is 3.83. The summed E-state index contributed by atoms with van der Waals surface area (Å²) >= 11 is 0. The van der Waals surface area contributed by atoms with E-state index in [-0.39, 0.29) is 0 Å². The van der Waals surface area contributed by atoms with Gasteiger partial charge in [0.1, 0.15) is 0 Å². The molecule has 0 spiro atoms. The van der Waals surface area contributed by atoms with E-state index in [1.807, 2.05) is 18.2 Å². The molecular weight excluding hydrogens is 224 g/mol. The highest BCUT2D eigenvalue weighted by atomic mass is 16.5. The lowest BCUT2D eigenvalue weighted by Crippen LogP contribution is -2.26. The van der Waals surface area contributed by atoms with Crippen molar-refractivity contribution in [1.29, 1.82) is 0 Å². The highest BCUT2D eigenvalue weighted by molar-refractivity contribution is 5.10. The number of pyridine rings is 1. The molecule has 0 saturated heterocycles. The fourth-order valence-corrected chi connectivity index (χ4v) is 2.47. The molecule has 0 bridgehead atoms. The van der Waals surface area contributed by atoms with Crippen LogP contribution in [0.3, 0.4) is 0 Å². The normalized spacial score (nSPS) is 19.9. The van der Waals surface area contributed by atoms with Gasteiger partial charge in [0, 0.05) is 6.54 Å². The summed E-state index contributed by atoms with van der Waals surface area (Å²) < 4.78 is 5.96. The summed E-state index contributed by atoms with van der Waals surface area (Å²) in [6, 6.07) is 5.95. The maximum atomic E-state index is 5.96. The lowest BCUT2D eigenvalue weighted by Gasteiger charge is -2.34. The second-order valence-corrected chi connectivity index (χ2v) is 6.00. The van der Waals surface area contributed by atoms with E-state index in [0.717, 1.165) is 11.4 Å². The first kappa shape index (κ1) is 13.5. The van der Waals surface area contributed by atoms with Crippen LogP contribution >= 0.6 is 0 Å². The molecule has 1 fully saturated rings. The van der Waals surface area contributed by atoms with Gasteiger partial charge >= 0.3 is 0 Å². The molecule has 1 aliphatic rings. The highest BCUT2D eigenvalue weighted by Crippen LogP contribution is 2.36. The fourth-order valence-electron chi connectivity index (χ4n) is 2.47. The predicted molar refractivity (Wildman–Crippen MR) is 73.0 cm³/mol. The zero-order valence-corrected chi connectivity index (χ0v) is 11.5. The molecular formula is C15H24N2O. The van der Waals surface area contributed by atoms with Crippen LogP contribution in [0.15, 0.2) is 18.2 Å². The number of nitrogens with zero attached hydrogens (tertiary/aromatic N) is 1. The zero-order valence-electron chi connectivity index (χ0n) is 11.5. The standard InChI is InChI=1S/C15H24N2O/c1-15(2)8-6-14(7-9-15)18-11-13-5-3-4-12(10-16)17-13/h3-5,14H,6-11,16H2,1-2H3. The van der Waals surface area contributed by atoms with Crippen molar-refractivity contribution < 1.29 is 4.74 Å². The van der Waals surface area contributed by atoms with Gasteiger partial charge < -0.3 is 10.5 Å². The summed E-state index contributed by atoms with van der Waals surface area (Å²) in [5.41, 5.74) is 8.00. The van der Waals surface area contributed by atoms with E-state index in [1.54, 1.807) is 0 Å². The van der Waals surface area contributed by atoms with Crippen molar-refractivity contribution in [3.63, 3.8) is 0 Å². The van der Waals surface area contributed by atoms with Crippen molar-refractivity contribution >= 4 is 0 Å². The zero-order chi connectivity index (χ0) is 13.0. The molecule has 18 heavy (non-hydrogen) atoms. The topological polar surface area (TPSA) is 48.1 Å². The van der Waals surface area contributed by atoms with Crippen LogP contribution in [0.5, 0.6) is 0 Å². The van der Waals surface area contributed by atoms with Crippen LogP contribution in [0.2, 0.25) is 0 Å². The first-order valence-electron chi connectivity index (χ1n) is 6.85. The average Bonchev–Trinajstić information content (AvgIpc) is 2.38. The molecule has 1 aromatic rings. The second-order valence-electron chi connectivity index (χ2n) is 6.00. The van der Waals surface area contributed by atoms with Crippen molar-refractivity contribution in [2.24, 2.45) is 11.1 Å². The van der Waals surface area contributed by atoms with E-state index in [2.05, 4.69) is 18.8 Å². The van der Waals surface area contributed by atoms with Gasteiger partial charge in [0.15, 0.2) is 0 Å². The molecule has 1 aromatic heterocycles. The minimum absolute atomic E-state index is 0.404. The summed E-state index contributed by atoms with van der Waals surface area (Å²) in [5, 5.41) is 0. The predicted octanol–water partition coefficient (Wildman–Crippen LogP) is 3.03. The van der Waals surface area contributed by atoms with E-state index in [0.29, 0.717) is 24.7 Å². The van der Waals surface area contributed by atoms with Gasteiger partial charge in [-0.05, 0) is 43.2 Å². The lowest BCUT2D eigenvalue weighted by molar-refractivity contribution is -0.00692. The van der Waals surface area contributed by atoms with Gasteiger partial charge in [-0.2, -0.15) is 0 Å². The highest BCUT2D eigenvalue weighted by Gasteiger charge is 2.27. The van der Waals surface area contributed by atoms with Crippen molar-refractivity contribution in [2.45, 2.75) is 58.8 Å². The summed E-state index contributed by atoms with van der Waals surface area (Å²) in [6.45, 7) is 5.79. The molecule has 0 unspecified atom stereocenters. The summed E-state index contributed by atoms with van der Waals surface area (Å²) in [5.74, 6) is 0. The van der Waals surface area contributed by atoms with Crippen molar-refractivity contribution in [3.05, 3.63) is 29.6 Å². The molecule has 0 aliphatic heterocycles. The number of aromatic nitrogens is 1. The van der Waals surface area contributed by atoms with Gasteiger partial charge in [-0.3, -0.25) is 4.98 Å². The van der Waals surface area contributed by atoms with Gasteiger partial charge in [0.25, 0.3) is 0 Å². The monoisotopic (exact) mass is 248 g/mol. The molecule has 1 aliphatic carbocycles. The minimum atomic E-state index is 0.404. The Morgan fingerprint density at radius 1 is 1.28 bits per heavy atom. The molecule has 100 valence electrons. The molecule has 2 N–H and O–H groups in total. The maximum absolute atomic E-state index is 5.96. The quantitative estimate of drug-likeness (QED) is 0.891. The van der Waals surface area contributed by atoms with Crippen LogP contribution in [-0.2, 0) is 17.9 Å². The Hall–Kier alpha value is -0.930. The molecule has 0 radical (unpaired) electrons. The Morgan fingerprint density at radius 3 is 2.61 bits per heavy atom. The third-order valence-corrected chi connectivity index (χ3v) is 3.83. The van der Waals surface area contributed by atoms with Crippen LogP contribution in [0, 0.1) is 5.41 Å². The molecule has 3 nitrogen and oxygen atoms in total. The summed E-state index contributed by atoms with van der Waals surface area (Å²) in [7, 11) is 0. The Balaban J connectivity index is 1.81. The molecule has 0 atom stereocenters. The molecule has 1 saturated carbocycles. The third kappa shape index (κ3) is 3.79. The van der Waals surface area contributed by atoms with E-state index >= 15 is 0 Å². The first-order valence-corrected chi connectivity index (χ1v) is 6.85. The summed E-state index contributed by atoms with van der Waals surface area (Å²) in [4.78, 5) is 4.45. The largest absolute Gasteiger partial charge is 0.372 e. The van der Waals surface area contributed by atoms with Crippen molar-refractivity contribution in [2.75, 3.05) is 0 Å². The Bertz CT molecular complexity index is 380. The number of rotatable bonds is 4. The van der Waals surface area contributed by atoms with E-state index < -0.39 is 0 Å². The number of hydrogen-bond donors (Lipinski definition) is 1. The molecule has 1 heterocycles. The van der Waals surface area contributed by atoms with Gasteiger partial charge in [0.2, 0.25) is 0 Å². The van der Waals surface area contributed by atoms with E-state index in [1.165, 1.54) is 25.7 Å². The molecule has 0 amide bonds. The van der Waals surface area contributed by atoms with Crippen molar-refractivity contribution in [3.8, 4) is 0 Å².